The topological polar surface area (TPSA) is 0 Å². The molecule has 0 spiro atoms. The summed E-state index contributed by atoms with van der Waals surface area (Å²) in [6.07, 6.45) is 2.19. The van der Waals surface area contributed by atoms with Gasteiger partial charge in [-0.1, -0.05) is 0 Å². The van der Waals surface area contributed by atoms with E-state index in [4.69, 9.17) is 0 Å². The Bertz CT molecular complexity index is 107. The number of aryl methyl sites for hydroxylation is 1. The number of hydrogen-bond acceptors (Lipinski definition) is 0. The molecule has 0 nitrogen and oxygen atoms in total. The summed E-state index contributed by atoms with van der Waals surface area (Å²) in [7, 11) is 0.466. The van der Waals surface area contributed by atoms with E-state index in [9.17, 15) is 0 Å². The molecule has 0 bridgehead atoms. The summed E-state index contributed by atoms with van der Waals surface area (Å²) in [6.45, 7) is 0. The highest BCUT2D eigenvalue weighted by Gasteiger charge is 1.84. The van der Waals surface area contributed by atoms with Crippen molar-refractivity contribution in [3.05, 3.63) is 22.9 Å². The standard InChI is InChI=1S/C5H7S/c1-6-4-2-3-5-6/h2-5H,1H3/q+1. The normalized spacial score (nSPS) is 8.83. The van der Waals surface area contributed by atoms with Gasteiger partial charge in [-0.15, -0.1) is 0 Å². The van der Waals surface area contributed by atoms with Gasteiger partial charge < -0.3 is 0 Å². The summed E-state index contributed by atoms with van der Waals surface area (Å²) < 4.78 is 0. The van der Waals surface area contributed by atoms with Gasteiger partial charge in [0.1, 0.15) is 17.0 Å². The van der Waals surface area contributed by atoms with Gasteiger partial charge in [-0.05, 0) is 22.6 Å². The average molecular weight is 99.2 g/mol. The van der Waals surface area contributed by atoms with Crippen molar-refractivity contribution in [2.45, 2.75) is 0 Å². The van der Waals surface area contributed by atoms with Crippen LogP contribution in [0.2, 0.25) is 0 Å². The highest BCUT2D eigenvalue weighted by atomic mass is 32.2. The third-order valence-electron chi connectivity index (χ3n) is 0.698. The van der Waals surface area contributed by atoms with Crippen molar-refractivity contribution in [3.8, 4) is 0 Å². The smallest absolute Gasteiger partial charge is 0.0258 e. The number of rotatable bonds is 0. The van der Waals surface area contributed by atoms with Gasteiger partial charge in [0, 0.05) is 0 Å². The fourth-order valence-electron chi connectivity index (χ4n) is 0.384. The number of hydrogen-bond donors (Lipinski definition) is 0. The molecule has 0 aliphatic heterocycles. The van der Waals surface area contributed by atoms with Crippen LogP contribution in [0.25, 0.3) is 0 Å². The van der Waals surface area contributed by atoms with Gasteiger partial charge in [-0.3, -0.25) is 0 Å². The highest BCUT2D eigenvalue weighted by Crippen LogP contribution is 2.08. The molecule has 1 heteroatoms. The molecule has 1 rings (SSSR count). The van der Waals surface area contributed by atoms with Gasteiger partial charge in [0.2, 0.25) is 0 Å². The number of thiophene rings is 1. The zero-order chi connectivity index (χ0) is 4.41. The van der Waals surface area contributed by atoms with E-state index in [2.05, 4.69) is 29.1 Å². The van der Waals surface area contributed by atoms with Crippen LogP contribution in [0.4, 0.5) is 0 Å². The van der Waals surface area contributed by atoms with Gasteiger partial charge >= 0.3 is 0 Å². The van der Waals surface area contributed by atoms with Crippen LogP contribution < -0.4 is 0 Å². The first-order valence-corrected chi connectivity index (χ1v) is 3.64. The van der Waals surface area contributed by atoms with Gasteiger partial charge in [-0.2, -0.15) is 0 Å². The minimum atomic E-state index is 0.466. The lowest BCUT2D eigenvalue weighted by molar-refractivity contribution is 2.03. The third kappa shape index (κ3) is 0.601. The van der Waals surface area contributed by atoms with Crippen LogP contribution in [0.15, 0.2) is 22.9 Å². The SMILES string of the molecule is C[s+]1cccc1. The van der Waals surface area contributed by atoms with Crippen molar-refractivity contribution in [1.29, 1.82) is 0 Å². The van der Waals surface area contributed by atoms with Crippen LogP contribution in [0.1, 0.15) is 0 Å². The summed E-state index contributed by atoms with van der Waals surface area (Å²) in [4.78, 5) is 0. The fraction of sp³-hybridized carbons (Fsp3) is 0.200. The molecule has 0 saturated carbocycles. The second-order valence-electron chi connectivity index (χ2n) is 1.26. The molecule has 0 fully saturated rings. The first-order chi connectivity index (χ1) is 2.89. The van der Waals surface area contributed by atoms with E-state index in [1.54, 1.807) is 0 Å². The van der Waals surface area contributed by atoms with E-state index in [-0.39, 0.29) is 0 Å². The van der Waals surface area contributed by atoms with E-state index >= 15 is 0 Å². The monoisotopic (exact) mass is 99.0 g/mol. The van der Waals surface area contributed by atoms with Crippen molar-refractivity contribution < 1.29 is 0 Å². The summed E-state index contributed by atoms with van der Waals surface area (Å²) >= 11 is 0. The summed E-state index contributed by atoms with van der Waals surface area (Å²) in [5, 5.41) is 4.39. The zero-order valence-electron chi connectivity index (χ0n) is 3.72. The lowest BCUT2D eigenvalue weighted by Crippen LogP contribution is -1.33. The molecule has 0 aromatic carbocycles. The lowest BCUT2D eigenvalue weighted by Gasteiger charge is -1.56. The van der Waals surface area contributed by atoms with E-state index in [0.29, 0.717) is 10.5 Å². The van der Waals surface area contributed by atoms with Crippen molar-refractivity contribution in [2.75, 3.05) is 0 Å². The predicted molar refractivity (Wildman–Crippen MR) is 29.9 cm³/mol. The Labute approximate surface area is 40.4 Å². The molecule has 0 radical (unpaired) electrons. The molecule has 0 aliphatic carbocycles. The van der Waals surface area contributed by atoms with Crippen LogP contribution in [-0.2, 0) is 6.26 Å². The second-order valence-corrected chi connectivity index (χ2v) is 3.02. The van der Waals surface area contributed by atoms with Gasteiger partial charge in [0.05, 0.1) is 0 Å². The average Bonchev–Trinajstić information content (AvgIpc) is 1.86. The molecule has 0 unspecified atom stereocenters. The molecule has 0 amide bonds. The molecule has 0 atom stereocenters. The van der Waals surface area contributed by atoms with Gasteiger partial charge in [0.15, 0.2) is 0 Å². The third-order valence-corrected chi connectivity index (χ3v) is 1.87. The van der Waals surface area contributed by atoms with Crippen LogP contribution in [0.5, 0.6) is 0 Å². The predicted octanol–water partition coefficient (Wildman–Crippen LogP) is 1.97. The maximum Gasteiger partial charge on any atom is 0.137 e. The maximum atomic E-state index is 2.19. The highest BCUT2D eigenvalue weighted by molar-refractivity contribution is 7.26. The molecule has 32 valence electrons. The second kappa shape index (κ2) is 1.43. The zero-order valence-corrected chi connectivity index (χ0v) is 4.53. The lowest BCUT2D eigenvalue weighted by atomic mass is 10.7. The molecular weight excluding hydrogens is 92.1 g/mol. The van der Waals surface area contributed by atoms with Crippen molar-refractivity contribution in [1.82, 2.24) is 0 Å². The summed E-state index contributed by atoms with van der Waals surface area (Å²) in [6, 6.07) is 4.17. The van der Waals surface area contributed by atoms with E-state index in [1.807, 2.05) is 0 Å². The molecule has 0 N–H and O–H groups in total. The molecule has 6 heavy (non-hydrogen) atoms. The van der Waals surface area contributed by atoms with Crippen LogP contribution in [-0.4, -0.2) is 0 Å². The van der Waals surface area contributed by atoms with Gasteiger partial charge in [0.25, 0.3) is 0 Å². The summed E-state index contributed by atoms with van der Waals surface area (Å²) in [5.41, 5.74) is 0. The Kier molecular flexibility index (Phi) is 0.926. The molecule has 1 aromatic rings. The quantitative estimate of drug-likeness (QED) is 0.436. The molecule has 1 heterocycles. The van der Waals surface area contributed by atoms with Crippen molar-refractivity contribution >= 4 is 10.5 Å². The van der Waals surface area contributed by atoms with E-state index in [1.165, 1.54) is 0 Å². The first kappa shape index (κ1) is 3.88. The van der Waals surface area contributed by atoms with Crippen LogP contribution in [0.3, 0.4) is 0 Å². The molecule has 1 aromatic heterocycles. The summed E-state index contributed by atoms with van der Waals surface area (Å²) in [5.74, 6) is 0. The fourth-order valence-corrected chi connectivity index (χ4v) is 1.15. The van der Waals surface area contributed by atoms with Crippen molar-refractivity contribution in [2.24, 2.45) is 6.26 Å². The van der Waals surface area contributed by atoms with E-state index in [0.717, 1.165) is 0 Å². The minimum Gasteiger partial charge on any atom is -0.0258 e. The Morgan fingerprint density at radius 1 is 1.17 bits per heavy atom. The maximum absolute atomic E-state index is 2.19. The Morgan fingerprint density at radius 2 is 1.67 bits per heavy atom. The Balaban J connectivity index is 3.05. The van der Waals surface area contributed by atoms with Crippen LogP contribution >= 0.6 is 10.5 Å². The largest absolute Gasteiger partial charge is 0.137 e. The Hall–Kier alpha value is -0.300. The van der Waals surface area contributed by atoms with Gasteiger partial charge in [-0.25, -0.2) is 0 Å². The minimum absolute atomic E-state index is 0.466. The Morgan fingerprint density at radius 3 is 1.83 bits per heavy atom. The van der Waals surface area contributed by atoms with E-state index < -0.39 is 0 Å². The molecular formula is C5H7S+. The molecule has 0 saturated heterocycles. The van der Waals surface area contributed by atoms with Crippen molar-refractivity contribution in [3.63, 3.8) is 0 Å². The molecule has 0 aliphatic rings. The van der Waals surface area contributed by atoms with Crippen LogP contribution in [0, 0.1) is 0 Å². The first-order valence-electron chi connectivity index (χ1n) is 1.88.